The first-order valence-corrected chi connectivity index (χ1v) is 11.2. The topological polar surface area (TPSA) is 72.3 Å². The summed E-state index contributed by atoms with van der Waals surface area (Å²) in [5.74, 6) is 0.402. The highest BCUT2D eigenvalue weighted by atomic mass is 127. The minimum atomic E-state index is -4.60. The second-order valence-electron chi connectivity index (χ2n) is 7.80. The summed E-state index contributed by atoms with van der Waals surface area (Å²) in [5, 5.41) is 9.01. The Kier molecular flexibility index (Phi) is 5.48. The third-order valence-corrected chi connectivity index (χ3v) is 6.76. The van der Waals surface area contributed by atoms with E-state index < -0.39 is 11.9 Å². The van der Waals surface area contributed by atoms with E-state index in [4.69, 9.17) is 0 Å². The molecule has 1 aliphatic carbocycles. The third kappa shape index (κ3) is 4.03. The number of hydrogen-bond donors (Lipinski definition) is 1. The first-order valence-electron chi connectivity index (χ1n) is 10.1. The van der Waals surface area contributed by atoms with E-state index in [1.165, 1.54) is 27.0 Å². The van der Waals surface area contributed by atoms with Gasteiger partial charge in [0.2, 0.25) is 0 Å². The van der Waals surface area contributed by atoms with Crippen molar-refractivity contribution in [2.75, 3.05) is 0 Å². The van der Waals surface area contributed by atoms with Crippen molar-refractivity contribution in [1.82, 2.24) is 29.9 Å². The number of alkyl halides is 3. The number of pyridine rings is 1. The second-order valence-corrected chi connectivity index (χ2v) is 8.96. The minimum absolute atomic E-state index is 0.256. The van der Waals surface area contributed by atoms with Gasteiger partial charge in [-0.3, -0.25) is 4.98 Å². The number of halogens is 4. The van der Waals surface area contributed by atoms with Gasteiger partial charge in [-0.05, 0) is 71.2 Å². The van der Waals surface area contributed by atoms with Crippen molar-refractivity contribution >= 4 is 22.6 Å². The lowest BCUT2D eigenvalue weighted by Gasteiger charge is -2.26. The molecule has 0 amide bonds. The highest BCUT2D eigenvalue weighted by molar-refractivity contribution is 14.1. The Labute approximate surface area is 195 Å². The molecule has 0 saturated heterocycles. The maximum atomic E-state index is 13.2. The van der Waals surface area contributed by atoms with E-state index in [2.05, 4.69) is 66.2 Å². The van der Waals surface area contributed by atoms with Crippen LogP contribution in [0.15, 0.2) is 49.1 Å². The molecule has 0 bridgehead atoms. The predicted molar refractivity (Wildman–Crippen MR) is 121 cm³/mol. The van der Waals surface area contributed by atoms with Gasteiger partial charge in [0.1, 0.15) is 11.4 Å². The van der Waals surface area contributed by atoms with E-state index in [1.807, 2.05) is 10.8 Å². The summed E-state index contributed by atoms with van der Waals surface area (Å²) in [5.41, 5.74) is 2.89. The molecular weight excluding hydrogens is 532 g/mol. The largest absolute Gasteiger partial charge is 0.437 e. The van der Waals surface area contributed by atoms with Gasteiger partial charge in [0.05, 0.1) is 12.0 Å². The van der Waals surface area contributed by atoms with Gasteiger partial charge >= 0.3 is 6.18 Å². The van der Waals surface area contributed by atoms with Crippen LogP contribution in [-0.4, -0.2) is 29.9 Å². The summed E-state index contributed by atoms with van der Waals surface area (Å²) < 4.78 is 42.9. The van der Waals surface area contributed by atoms with Gasteiger partial charge in [0.25, 0.3) is 0 Å². The van der Waals surface area contributed by atoms with Crippen LogP contribution >= 0.6 is 22.6 Å². The van der Waals surface area contributed by atoms with Crippen LogP contribution in [-0.2, 0) is 19.1 Å². The van der Waals surface area contributed by atoms with E-state index in [0.29, 0.717) is 17.3 Å². The lowest BCUT2D eigenvalue weighted by molar-refractivity contribution is -0.140. The lowest BCUT2D eigenvalue weighted by atomic mass is 9.83. The Bertz CT molecular complexity index is 1260. The zero-order chi connectivity index (χ0) is 22.3. The molecular formula is C22H18F3IN6. The first-order chi connectivity index (χ1) is 15.4. The van der Waals surface area contributed by atoms with Crippen LogP contribution in [0.2, 0.25) is 0 Å². The molecule has 10 heteroatoms. The summed E-state index contributed by atoms with van der Waals surface area (Å²) in [6, 6.07) is 9.49. The van der Waals surface area contributed by atoms with Gasteiger partial charge in [0, 0.05) is 34.0 Å². The number of rotatable bonds is 4. The van der Waals surface area contributed by atoms with Crippen molar-refractivity contribution in [3.63, 3.8) is 0 Å². The number of benzene rings is 1. The molecule has 3 heterocycles. The Balaban J connectivity index is 1.41. The molecule has 5 rings (SSSR count). The molecule has 0 radical (unpaired) electrons. The van der Waals surface area contributed by atoms with Gasteiger partial charge in [-0.2, -0.15) is 28.6 Å². The number of aromatic nitrogens is 6. The number of hydrogen-bond acceptors (Lipinski definition) is 4. The molecule has 4 aromatic rings. The van der Waals surface area contributed by atoms with E-state index >= 15 is 0 Å². The molecule has 1 aliphatic rings. The number of H-pyrrole nitrogens is 1. The zero-order valence-electron chi connectivity index (χ0n) is 16.8. The standard InChI is InChI=1S/C22H18F3IN6/c23-22(24,25)21-20(29-31-30-21)13-7-8-27-18(9-13)19-11-32(12-28-19)10-14-3-1-5-16-15(14)4-2-6-17(16)26/h2,4,6-9,11-12,14H,1,3,5,10H2,(H,29,30,31)/t14-/m0/s1. The van der Waals surface area contributed by atoms with Crippen LogP contribution < -0.4 is 0 Å². The summed E-state index contributed by atoms with van der Waals surface area (Å²) in [6.07, 6.45) is 3.88. The van der Waals surface area contributed by atoms with Crippen molar-refractivity contribution in [1.29, 1.82) is 0 Å². The summed E-state index contributed by atoms with van der Waals surface area (Å²) >= 11 is 2.40. The lowest BCUT2D eigenvalue weighted by Crippen LogP contribution is -2.15. The minimum Gasteiger partial charge on any atom is -0.336 e. The van der Waals surface area contributed by atoms with Crippen molar-refractivity contribution < 1.29 is 13.2 Å². The molecule has 0 saturated carbocycles. The van der Waals surface area contributed by atoms with Gasteiger partial charge < -0.3 is 4.57 Å². The van der Waals surface area contributed by atoms with Crippen molar-refractivity contribution in [2.24, 2.45) is 0 Å². The SMILES string of the molecule is FC(F)(F)c1n[nH]nc1-c1ccnc(-c2cn(C[C@@H]3CCCc4c(I)cccc43)cn2)c1. The van der Waals surface area contributed by atoms with Crippen molar-refractivity contribution in [3.05, 3.63) is 69.4 Å². The molecule has 0 spiro atoms. The van der Waals surface area contributed by atoms with Gasteiger partial charge in [-0.15, -0.1) is 0 Å². The molecule has 1 atom stereocenters. The van der Waals surface area contributed by atoms with E-state index in [9.17, 15) is 13.2 Å². The molecule has 1 N–H and O–H groups in total. The highest BCUT2D eigenvalue weighted by Crippen LogP contribution is 2.36. The Morgan fingerprint density at radius 2 is 2.00 bits per heavy atom. The molecule has 0 fully saturated rings. The van der Waals surface area contributed by atoms with Crippen LogP contribution in [0.1, 0.15) is 35.6 Å². The Hall–Kier alpha value is -2.76. The fourth-order valence-electron chi connectivity index (χ4n) is 4.29. The van der Waals surface area contributed by atoms with Crippen LogP contribution in [0, 0.1) is 3.57 Å². The number of nitrogens with one attached hydrogen (secondary N) is 1. The van der Waals surface area contributed by atoms with E-state index in [0.717, 1.165) is 25.8 Å². The second kappa shape index (κ2) is 8.30. The predicted octanol–water partition coefficient (Wildman–Crippen LogP) is 5.47. The molecule has 3 aromatic heterocycles. The van der Waals surface area contributed by atoms with E-state index in [1.54, 1.807) is 12.4 Å². The maximum absolute atomic E-state index is 13.2. The van der Waals surface area contributed by atoms with Crippen molar-refractivity contribution in [3.8, 4) is 22.6 Å². The highest BCUT2D eigenvalue weighted by Gasteiger charge is 2.38. The monoisotopic (exact) mass is 550 g/mol. The zero-order valence-corrected chi connectivity index (χ0v) is 18.9. The average molecular weight is 550 g/mol. The van der Waals surface area contributed by atoms with Gasteiger partial charge in [-0.25, -0.2) is 4.98 Å². The molecule has 0 unspecified atom stereocenters. The first kappa shape index (κ1) is 21.1. The fraction of sp³-hybridized carbons (Fsp3) is 0.273. The van der Waals surface area contributed by atoms with Crippen LogP contribution in [0.25, 0.3) is 22.6 Å². The average Bonchev–Trinajstić information content (AvgIpc) is 3.44. The van der Waals surface area contributed by atoms with E-state index in [-0.39, 0.29) is 11.3 Å². The molecule has 164 valence electrons. The summed E-state index contributed by atoms with van der Waals surface area (Å²) in [4.78, 5) is 8.75. The number of imidazole rings is 1. The fourth-order valence-corrected chi connectivity index (χ4v) is 5.08. The third-order valence-electron chi connectivity index (χ3n) is 5.75. The Morgan fingerprint density at radius 1 is 1.12 bits per heavy atom. The molecule has 0 aliphatic heterocycles. The van der Waals surface area contributed by atoms with Crippen LogP contribution in [0.5, 0.6) is 0 Å². The van der Waals surface area contributed by atoms with Crippen LogP contribution in [0.4, 0.5) is 13.2 Å². The quantitative estimate of drug-likeness (QED) is 0.342. The maximum Gasteiger partial charge on any atom is 0.437 e. The molecule has 1 aromatic carbocycles. The Morgan fingerprint density at radius 3 is 2.84 bits per heavy atom. The number of nitrogens with zero attached hydrogens (tertiary/aromatic N) is 5. The number of fused-ring (bicyclic) bond motifs is 1. The van der Waals surface area contributed by atoms with Crippen molar-refractivity contribution in [2.45, 2.75) is 37.9 Å². The molecule has 32 heavy (non-hydrogen) atoms. The smallest absolute Gasteiger partial charge is 0.336 e. The van der Waals surface area contributed by atoms with Gasteiger partial charge in [0.15, 0.2) is 5.69 Å². The number of aromatic amines is 1. The summed E-state index contributed by atoms with van der Waals surface area (Å²) in [6.45, 7) is 0.793. The summed E-state index contributed by atoms with van der Waals surface area (Å²) in [7, 11) is 0. The molecule has 6 nitrogen and oxygen atoms in total. The normalized spacial score (nSPS) is 16.2. The van der Waals surface area contributed by atoms with Crippen LogP contribution in [0.3, 0.4) is 0 Å². The van der Waals surface area contributed by atoms with Gasteiger partial charge in [-0.1, -0.05) is 12.1 Å².